The monoisotopic (exact) mass is 561 g/mol. The third-order valence-electron chi connectivity index (χ3n) is 5.81. The molecule has 156 valence electrons. The van der Waals surface area contributed by atoms with Crippen molar-refractivity contribution in [3.05, 3.63) is 110 Å². The number of halogens is 2. The van der Waals surface area contributed by atoms with Gasteiger partial charge in [0.2, 0.25) is 0 Å². The van der Waals surface area contributed by atoms with Gasteiger partial charge in [-0.25, -0.2) is 4.98 Å². The van der Waals surface area contributed by atoms with Crippen LogP contribution in [0.25, 0.3) is 32.4 Å². The van der Waals surface area contributed by atoms with Gasteiger partial charge in [-0.2, -0.15) is 0 Å². The van der Waals surface area contributed by atoms with E-state index in [1.54, 1.807) is 11.3 Å². The van der Waals surface area contributed by atoms with Crippen LogP contribution in [-0.4, -0.2) is 15.0 Å². The Morgan fingerprint density at radius 3 is 1.94 bits per heavy atom. The third kappa shape index (κ3) is 3.43. The predicted molar refractivity (Wildman–Crippen MR) is 140 cm³/mol. The largest absolute Gasteiger partial charge is 0.361 e. The number of aromatic nitrogens is 3. The SMILES string of the molecule is Brc1ccc2c(C(c3csc(-c4ccccc4)n3)c3c[nH]c4cc(Br)ccc34)c[nH]c2c1. The van der Waals surface area contributed by atoms with Crippen LogP contribution in [0.5, 0.6) is 0 Å². The van der Waals surface area contributed by atoms with Gasteiger partial charge in [-0.15, -0.1) is 11.3 Å². The van der Waals surface area contributed by atoms with E-state index >= 15 is 0 Å². The minimum absolute atomic E-state index is 0.00793. The van der Waals surface area contributed by atoms with E-state index in [1.165, 1.54) is 21.9 Å². The molecule has 0 fully saturated rings. The maximum Gasteiger partial charge on any atom is 0.123 e. The second-order valence-corrected chi connectivity index (χ2v) is 10.4. The van der Waals surface area contributed by atoms with Crippen molar-refractivity contribution in [1.29, 1.82) is 0 Å². The van der Waals surface area contributed by atoms with Crippen molar-refractivity contribution in [3.63, 3.8) is 0 Å². The lowest BCUT2D eigenvalue weighted by Gasteiger charge is -2.15. The number of fused-ring (bicyclic) bond motifs is 2. The van der Waals surface area contributed by atoms with Gasteiger partial charge in [0.25, 0.3) is 0 Å². The highest BCUT2D eigenvalue weighted by Crippen LogP contribution is 2.41. The molecule has 0 bridgehead atoms. The molecule has 32 heavy (non-hydrogen) atoms. The number of hydrogen-bond donors (Lipinski definition) is 2. The Kier molecular flexibility index (Phi) is 5.01. The fourth-order valence-corrected chi connectivity index (χ4v) is 5.91. The molecule has 0 aliphatic rings. The molecule has 6 aromatic rings. The second-order valence-electron chi connectivity index (χ2n) is 7.74. The van der Waals surface area contributed by atoms with Gasteiger partial charge in [0.05, 0.1) is 11.6 Å². The molecule has 0 saturated carbocycles. The maximum atomic E-state index is 5.11. The molecule has 0 radical (unpaired) electrons. The van der Waals surface area contributed by atoms with E-state index in [1.807, 2.05) is 6.07 Å². The first kappa shape index (κ1) is 20.0. The van der Waals surface area contributed by atoms with Crippen LogP contribution >= 0.6 is 43.2 Å². The predicted octanol–water partition coefficient (Wildman–Crippen LogP) is 8.48. The first-order chi connectivity index (χ1) is 15.7. The van der Waals surface area contributed by atoms with Gasteiger partial charge in [-0.05, 0) is 35.4 Å². The van der Waals surface area contributed by atoms with E-state index in [0.717, 1.165) is 36.2 Å². The standard InChI is InChI=1S/C26H17Br2N3S/c27-16-6-8-18-20(12-29-22(18)10-16)25(21-13-30-23-11-17(28)7-9-19(21)23)24-14-32-26(31-24)15-4-2-1-3-5-15/h1-14,25,29-30H. The average Bonchev–Trinajstić information content (AvgIpc) is 3.54. The van der Waals surface area contributed by atoms with E-state index in [9.17, 15) is 0 Å². The highest BCUT2D eigenvalue weighted by atomic mass is 79.9. The van der Waals surface area contributed by atoms with Gasteiger partial charge in [-0.3, -0.25) is 0 Å². The molecule has 3 nitrogen and oxygen atoms in total. The van der Waals surface area contributed by atoms with Crippen LogP contribution in [0, 0.1) is 0 Å². The van der Waals surface area contributed by atoms with Crippen LogP contribution in [0.4, 0.5) is 0 Å². The topological polar surface area (TPSA) is 44.5 Å². The van der Waals surface area contributed by atoms with Crippen molar-refractivity contribution in [3.8, 4) is 10.6 Å². The molecule has 0 atom stereocenters. The highest BCUT2D eigenvalue weighted by Gasteiger charge is 2.26. The third-order valence-corrected chi connectivity index (χ3v) is 7.71. The van der Waals surface area contributed by atoms with Crippen LogP contribution in [0.3, 0.4) is 0 Å². The van der Waals surface area contributed by atoms with Gasteiger partial charge < -0.3 is 9.97 Å². The quantitative estimate of drug-likeness (QED) is 0.222. The van der Waals surface area contributed by atoms with Crippen molar-refractivity contribution in [1.82, 2.24) is 15.0 Å². The zero-order valence-electron chi connectivity index (χ0n) is 16.8. The van der Waals surface area contributed by atoms with E-state index in [-0.39, 0.29) is 5.92 Å². The Bertz CT molecular complexity index is 1480. The summed E-state index contributed by atoms with van der Waals surface area (Å²) in [5.41, 5.74) is 6.87. The number of nitrogens with one attached hydrogen (secondary N) is 2. The number of aromatic amines is 2. The molecule has 3 aromatic heterocycles. The summed E-state index contributed by atoms with van der Waals surface area (Å²) in [6.45, 7) is 0. The number of H-pyrrole nitrogens is 2. The van der Waals surface area contributed by atoms with E-state index < -0.39 is 0 Å². The van der Waals surface area contributed by atoms with E-state index in [2.05, 4.69) is 120 Å². The van der Waals surface area contributed by atoms with Gasteiger partial charge >= 0.3 is 0 Å². The molecular formula is C26H17Br2N3S. The summed E-state index contributed by atoms with van der Waals surface area (Å²) in [7, 11) is 0. The minimum atomic E-state index is 0.00793. The smallest absolute Gasteiger partial charge is 0.123 e. The number of hydrogen-bond acceptors (Lipinski definition) is 2. The molecule has 0 unspecified atom stereocenters. The molecule has 0 saturated heterocycles. The fraction of sp³-hybridized carbons (Fsp3) is 0.0385. The highest BCUT2D eigenvalue weighted by molar-refractivity contribution is 9.10. The van der Waals surface area contributed by atoms with E-state index in [0.29, 0.717) is 0 Å². The van der Waals surface area contributed by atoms with Crippen LogP contribution in [0.1, 0.15) is 22.7 Å². The summed E-state index contributed by atoms with van der Waals surface area (Å²) in [5.74, 6) is 0.00793. The lowest BCUT2D eigenvalue weighted by Crippen LogP contribution is -2.03. The number of thiazole rings is 1. The Labute approximate surface area is 205 Å². The Morgan fingerprint density at radius 1 is 0.750 bits per heavy atom. The zero-order valence-corrected chi connectivity index (χ0v) is 20.8. The van der Waals surface area contributed by atoms with Crippen LogP contribution in [0.2, 0.25) is 0 Å². The number of benzene rings is 3. The summed E-state index contributed by atoms with van der Waals surface area (Å²) < 4.78 is 2.12. The van der Waals surface area contributed by atoms with Crippen molar-refractivity contribution in [2.45, 2.75) is 5.92 Å². The fourth-order valence-electron chi connectivity index (χ4n) is 4.34. The summed E-state index contributed by atoms with van der Waals surface area (Å²) in [4.78, 5) is 12.0. The molecule has 3 aromatic carbocycles. The molecule has 0 aliphatic heterocycles. The second kappa shape index (κ2) is 8.03. The number of rotatable bonds is 4. The molecule has 0 aliphatic carbocycles. The molecule has 6 rings (SSSR count). The summed E-state index contributed by atoms with van der Waals surface area (Å²) >= 11 is 8.88. The van der Waals surface area contributed by atoms with Crippen LogP contribution in [-0.2, 0) is 0 Å². The lowest BCUT2D eigenvalue weighted by atomic mass is 9.88. The summed E-state index contributed by atoms with van der Waals surface area (Å²) in [5, 5.41) is 5.65. The van der Waals surface area contributed by atoms with Crippen molar-refractivity contribution in [2.24, 2.45) is 0 Å². The molecule has 0 amide bonds. The summed E-state index contributed by atoms with van der Waals surface area (Å²) in [6, 6.07) is 23.2. The van der Waals surface area contributed by atoms with E-state index in [4.69, 9.17) is 4.98 Å². The molecular weight excluding hydrogens is 546 g/mol. The van der Waals surface area contributed by atoms with Crippen molar-refractivity contribution in [2.75, 3.05) is 0 Å². The molecule has 6 heteroatoms. The number of nitrogens with zero attached hydrogens (tertiary/aromatic N) is 1. The Hall–Kier alpha value is -2.67. The first-order valence-electron chi connectivity index (χ1n) is 10.2. The Morgan fingerprint density at radius 2 is 1.34 bits per heavy atom. The van der Waals surface area contributed by atoms with Gasteiger partial charge in [0.1, 0.15) is 5.01 Å². The van der Waals surface area contributed by atoms with Crippen LogP contribution < -0.4 is 0 Å². The normalized spacial score (nSPS) is 11.7. The maximum absolute atomic E-state index is 5.11. The molecule has 2 N–H and O–H groups in total. The molecule has 3 heterocycles. The van der Waals surface area contributed by atoms with Crippen molar-refractivity contribution < 1.29 is 0 Å². The van der Waals surface area contributed by atoms with Crippen molar-refractivity contribution >= 4 is 65.0 Å². The molecule has 0 spiro atoms. The van der Waals surface area contributed by atoms with Gasteiger partial charge in [-0.1, -0.05) is 74.3 Å². The summed E-state index contributed by atoms with van der Waals surface area (Å²) in [6.07, 6.45) is 4.25. The lowest BCUT2D eigenvalue weighted by molar-refractivity contribution is 0.952. The minimum Gasteiger partial charge on any atom is -0.361 e. The zero-order chi connectivity index (χ0) is 21.7. The van der Waals surface area contributed by atoms with Gasteiger partial charge in [0, 0.05) is 54.1 Å². The van der Waals surface area contributed by atoms with Gasteiger partial charge in [0.15, 0.2) is 0 Å². The average molecular weight is 563 g/mol. The first-order valence-corrected chi connectivity index (χ1v) is 12.7. The van der Waals surface area contributed by atoms with Crippen LogP contribution in [0.15, 0.2) is 93.4 Å². The Balaban J connectivity index is 1.57.